The number of carboxylic acid groups (broad SMARTS) is 1. The summed E-state index contributed by atoms with van der Waals surface area (Å²) in [5.74, 6) is -0.825. The van der Waals surface area contributed by atoms with Crippen molar-refractivity contribution in [2.45, 2.75) is 32.9 Å². The molecule has 0 bridgehead atoms. The molecule has 0 amide bonds. The van der Waals surface area contributed by atoms with Crippen LogP contribution in [-0.4, -0.2) is 34.0 Å². The Morgan fingerprint density at radius 2 is 2.10 bits per heavy atom. The first-order valence-electron chi connectivity index (χ1n) is 6.92. The number of benzene rings is 1. The van der Waals surface area contributed by atoms with E-state index in [4.69, 9.17) is 11.6 Å². The lowest BCUT2D eigenvalue weighted by molar-refractivity contribution is -0.143. The molecule has 0 aliphatic rings. The van der Waals surface area contributed by atoms with E-state index >= 15 is 0 Å². The summed E-state index contributed by atoms with van der Waals surface area (Å²) in [5, 5.41) is 10.9. The highest BCUT2D eigenvalue weighted by atomic mass is 35.5. The molecule has 2 aromatic rings. The van der Waals surface area contributed by atoms with Crippen LogP contribution in [0.1, 0.15) is 24.6 Å². The van der Waals surface area contributed by atoms with Gasteiger partial charge in [-0.3, -0.25) is 9.69 Å². The molecule has 1 aromatic carbocycles. The summed E-state index contributed by atoms with van der Waals surface area (Å²) in [5.41, 5.74) is 2.58. The molecule has 0 radical (unpaired) electrons. The van der Waals surface area contributed by atoms with Crippen LogP contribution in [0.15, 0.2) is 24.3 Å². The van der Waals surface area contributed by atoms with Crippen molar-refractivity contribution in [3.05, 3.63) is 40.5 Å². The Morgan fingerprint density at radius 1 is 1.43 bits per heavy atom. The summed E-state index contributed by atoms with van der Waals surface area (Å²) in [4.78, 5) is 17.6. The van der Waals surface area contributed by atoms with E-state index < -0.39 is 12.0 Å². The maximum Gasteiger partial charge on any atom is 0.320 e. The Balaban J connectivity index is 2.38. The number of hydrogen-bond acceptors (Lipinski definition) is 3. The van der Waals surface area contributed by atoms with Crippen molar-refractivity contribution < 1.29 is 9.90 Å². The van der Waals surface area contributed by atoms with Crippen LogP contribution in [0.5, 0.6) is 0 Å². The number of fused-ring (bicyclic) bond motifs is 1. The number of hydrogen-bond donors (Lipinski definition) is 1. The quantitative estimate of drug-likeness (QED) is 0.918. The number of aromatic nitrogens is 1. The molecule has 4 nitrogen and oxygen atoms in total. The van der Waals surface area contributed by atoms with E-state index in [0.29, 0.717) is 18.0 Å². The lowest BCUT2D eigenvalue weighted by atomic mass is 10.1. The van der Waals surface area contributed by atoms with Gasteiger partial charge < -0.3 is 5.11 Å². The largest absolute Gasteiger partial charge is 0.480 e. The van der Waals surface area contributed by atoms with Gasteiger partial charge in [-0.25, -0.2) is 4.98 Å². The van der Waals surface area contributed by atoms with E-state index in [1.54, 1.807) is 11.9 Å². The van der Waals surface area contributed by atoms with E-state index in [9.17, 15) is 9.90 Å². The van der Waals surface area contributed by atoms with Gasteiger partial charge in [-0.15, -0.1) is 0 Å². The summed E-state index contributed by atoms with van der Waals surface area (Å²) in [6.45, 7) is 4.23. The number of aryl methyl sites for hydroxylation is 1. The number of para-hydroxylation sites is 1. The van der Waals surface area contributed by atoms with Gasteiger partial charge in [0.25, 0.3) is 0 Å². The number of nitrogens with zero attached hydrogens (tertiary/aromatic N) is 2. The van der Waals surface area contributed by atoms with Crippen LogP contribution < -0.4 is 0 Å². The first-order chi connectivity index (χ1) is 9.95. The Kier molecular flexibility index (Phi) is 4.80. The fourth-order valence-corrected chi connectivity index (χ4v) is 2.75. The second-order valence-electron chi connectivity index (χ2n) is 5.19. The van der Waals surface area contributed by atoms with Crippen molar-refractivity contribution in [1.29, 1.82) is 0 Å². The third-order valence-corrected chi connectivity index (χ3v) is 4.25. The molecule has 5 heteroatoms. The normalized spacial score (nSPS) is 12.8. The molecule has 2 rings (SSSR count). The van der Waals surface area contributed by atoms with Crippen LogP contribution in [0.25, 0.3) is 10.9 Å². The zero-order chi connectivity index (χ0) is 15.6. The summed E-state index contributed by atoms with van der Waals surface area (Å²) >= 11 is 6.41. The summed E-state index contributed by atoms with van der Waals surface area (Å²) in [7, 11) is 1.78. The second kappa shape index (κ2) is 6.41. The minimum absolute atomic E-state index is 0.412. The zero-order valence-corrected chi connectivity index (χ0v) is 13.2. The minimum atomic E-state index is -0.825. The number of aliphatic carboxylic acids is 1. The van der Waals surface area contributed by atoms with Crippen LogP contribution in [-0.2, 0) is 11.3 Å². The van der Waals surface area contributed by atoms with E-state index in [2.05, 4.69) is 4.98 Å². The molecule has 0 saturated carbocycles. The Labute approximate surface area is 129 Å². The molecule has 0 saturated heterocycles. The summed E-state index contributed by atoms with van der Waals surface area (Å²) < 4.78 is 0. The summed E-state index contributed by atoms with van der Waals surface area (Å²) in [6, 6.07) is 7.29. The Bertz CT molecular complexity index is 673. The molecular weight excluding hydrogens is 288 g/mol. The van der Waals surface area contributed by atoms with Crippen molar-refractivity contribution >= 4 is 28.5 Å². The SMILES string of the molecule is CCC(C(=O)O)N(C)Cc1nc2ccccc2c(C)c1Cl. The van der Waals surface area contributed by atoms with E-state index in [-0.39, 0.29) is 0 Å². The van der Waals surface area contributed by atoms with Gasteiger partial charge in [0.2, 0.25) is 0 Å². The first kappa shape index (κ1) is 15.7. The number of pyridine rings is 1. The van der Waals surface area contributed by atoms with Crippen LogP contribution in [0.3, 0.4) is 0 Å². The van der Waals surface area contributed by atoms with E-state index in [0.717, 1.165) is 22.2 Å². The van der Waals surface area contributed by atoms with Crippen LogP contribution in [0.4, 0.5) is 0 Å². The second-order valence-corrected chi connectivity index (χ2v) is 5.57. The van der Waals surface area contributed by atoms with Gasteiger partial charge in [0.1, 0.15) is 6.04 Å². The minimum Gasteiger partial charge on any atom is -0.480 e. The van der Waals surface area contributed by atoms with Crippen LogP contribution >= 0.6 is 11.6 Å². The average Bonchev–Trinajstić information content (AvgIpc) is 2.45. The molecule has 21 heavy (non-hydrogen) atoms. The standard InChI is InChI=1S/C16H19ClN2O2/c1-4-14(16(20)21)19(3)9-13-15(17)10(2)11-7-5-6-8-12(11)18-13/h5-8,14H,4,9H2,1-3H3,(H,20,21). The zero-order valence-electron chi connectivity index (χ0n) is 12.4. The average molecular weight is 307 g/mol. The number of halogens is 1. The third-order valence-electron chi connectivity index (χ3n) is 3.75. The number of carbonyl (C=O) groups is 1. The molecule has 112 valence electrons. The topological polar surface area (TPSA) is 53.4 Å². The highest BCUT2D eigenvalue weighted by Crippen LogP contribution is 2.27. The maximum atomic E-state index is 11.2. The number of rotatable bonds is 5. The highest BCUT2D eigenvalue weighted by molar-refractivity contribution is 6.32. The molecule has 1 aromatic heterocycles. The predicted octanol–water partition coefficient (Wildman–Crippen LogP) is 3.49. The van der Waals surface area contributed by atoms with Gasteiger partial charge >= 0.3 is 5.97 Å². The van der Waals surface area contributed by atoms with Crippen molar-refractivity contribution in [1.82, 2.24) is 9.88 Å². The van der Waals surface area contributed by atoms with Crippen LogP contribution in [0.2, 0.25) is 5.02 Å². The van der Waals surface area contributed by atoms with Gasteiger partial charge in [0, 0.05) is 11.9 Å². The fourth-order valence-electron chi connectivity index (χ4n) is 2.54. The Hall–Kier alpha value is -1.65. The lowest BCUT2D eigenvalue weighted by Gasteiger charge is -2.24. The fraction of sp³-hybridized carbons (Fsp3) is 0.375. The van der Waals surface area contributed by atoms with Crippen molar-refractivity contribution in [3.8, 4) is 0 Å². The van der Waals surface area contributed by atoms with Gasteiger partial charge in [-0.05, 0) is 32.0 Å². The molecule has 0 spiro atoms. The smallest absolute Gasteiger partial charge is 0.320 e. The van der Waals surface area contributed by atoms with Crippen LogP contribution in [0, 0.1) is 6.92 Å². The molecule has 0 fully saturated rings. The monoisotopic (exact) mass is 306 g/mol. The molecule has 0 aliphatic carbocycles. The first-order valence-corrected chi connectivity index (χ1v) is 7.30. The molecule has 1 unspecified atom stereocenters. The molecular formula is C16H19ClN2O2. The third kappa shape index (κ3) is 3.17. The molecule has 1 N–H and O–H groups in total. The van der Waals surface area contributed by atoms with Gasteiger partial charge in [-0.1, -0.05) is 36.7 Å². The summed E-state index contributed by atoms with van der Waals surface area (Å²) in [6.07, 6.45) is 0.538. The van der Waals surface area contributed by atoms with E-state index in [1.807, 2.05) is 38.1 Å². The van der Waals surface area contributed by atoms with Gasteiger partial charge in [0.15, 0.2) is 0 Å². The molecule has 1 heterocycles. The number of carboxylic acids is 1. The van der Waals surface area contributed by atoms with Crippen molar-refractivity contribution in [2.24, 2.45) is 0 Å². The molecule has 0 aliphatic heterocycles. The molecule has 1 atom stereocenters. The van der Waals surface area contributed by atoms with Gasteiger partial charge in [-0.2, -0.15) is 0 Å². The van der Waals surface area contributed by atoms with Crippen molar-refractivity contribution in [3.63, 3.8) is 0 Å². The lowest BCUT2D eigenvalue weighted by Crippen LogP contribution is -2.37. The number of likely N-dealkylation sites (N-methyl/N-ethyl adjacent to an activating group) is 1. The Morgan fingerprint density at radius 3 is 2.71 bits per heavy atom. The van der Waals surface area contributed by atoms with Crippen molar-refractivity contribution in [2.75, 3.05) is 7.05 Å². The van der Waals surface area contributed by atoms with Gasteiger partial charge in [0.05, 0.1) is 16.2 Å². The maximum absolute atomic E-state index is 11.2. The van der Waals surface area contributed by atoms with E-state index in [1.165, 1.54) is 0 Å². The highest BCUT2D eigenvalue weighted by Gasteiger charge is 2.22. The predicted molar refractivity (Wildman–Crippen MR) is 84.7 cm³/mol.